The van der Waals surface area contributed by atoms with E-state index < -0.39 is 0 Å². The molecule has 0 saturated carbocycles. The van der Waals surface area contributed by atoms with Crippen LogP contribution in [0, 0.1) is 0 Å². The zero-order valence-electron chi connectivity index (χ0n) is 11.7. The van der Waals surface area contributed by atoms with Crippen LogP contribution in [0.25, 0.3) is 0 Å². The van der Waals surface area contributed by atoms with Crippen LogP contribution in [0.5, 0.6) is 0 Å². The van der Waals surface area contributed by atoms with Crippen LogP contribution in [-0.2, 0) is 6.54 Å². The van der Waals surface area contributed by atoms with Gasteiger partial charge in [0.1, 0.15) is 5.82 Å². The first-order valence-corrected chi connectivity index (χ1v) is 7.20. The molecule has 2 rings (SSSR count). The van der Waals surface area contributed by atoms with Gasteiger partial charge in [0.2, 0.25) is 0 Å². The van der Waals surface area contributed by atoms with Gasteiger partial charge in [-0.25, -0.2) is 4.98 Å². The van der Waals surface area contributed by atoms with Crippen LogP contribution in [0.3, 0.4) is 0 Å². The van der Waals surface area contributed by atoms with E-state index in [2.05, 4.69) is 34.3 Å². The number of rotatable bonds is 4. The molecular formula is C15H25N3. The van der Waals surface area contributed by atoms with Crippen molar-refractivity contribution >= 4 is 5.82 Å². The van der Waals surface area contributed by atoms with Gasteiger partial charge in [-0.05, 0) is 43.5 Å². The van der Waals surface area contributed by atoms with Crippen LogP contribution < -0.4 is 5.32 Å². The summed E-state index contributed by atoms with van der Waals surface area (Å²) in [6.07, 6.45) is 8.67. The molecular weight excluding hydrogens is 222 g/mol. The van der Waals surface area contributed by atoms with Gasteiger partial charge in [-0.15, -0.1) is 0 Å². The lowest BCUT2D eigenvalue weighted by atomic mass is 10.1. The zero-order valence-corrected chi connectivity index (χ0v) is 11.7. The molecule has 0 spiro atoms. The van der Waals surface area contributed by atoms with Crippen molar-refractivity contribution in [3.8, 4) is 0 Å². The fraction of sp³-hybridized carbons (Fsp3) is 0.667. The summed E-state index contributed by atoms with van der Waals surface area (Å²) in [7, 11) is 1.92. The smallest absolute Gasteiger partial charge is 0.125 e. The molecule has 0 radical (unpaired) electrons. The minimum atomic E-state index is 0.763. The second-order valence-corrected chi connectivity index (χ2v) is 5.18. The molecule has 2 heterocycles. The quantitative estimate of drug-likeness (QED) is 0.885. The predicted octanol–water partition coefficient (Wildman–Crippen LogP) is 3.28. The molecule has 100 valence electrons. The fourth-order valence-corrected chi connectivity index (χ4v) is 2.85. The average molecular weight is 247 g/mol. The Labute approximate surface area is 111 Å². The molecule has 1 aliphatic heterocycles. The van der Waals surface area contributed by atoms with Gasteiger partial charge in [0.05, 0.1) is 0 Å². The Kier molecular flexibility index (Phi) is 5.00. The van der Waals surface area contributed by atoms with E-state index >= 15 is 0 Å². The molecule has 0 bridgehead atoms. The predicted molar refractivity (Wildman–Crippen MR) is 76.7 cm³/mol. The van der Waals surface area contributed by atoms with Crippen molar-refractivity contribution in [3.05, 3.63) is 23.9 Å². The Morgan fingerprint density at radius 3 is 3.06 bits per heavy atom. The molecule has 3 heteroatoms. The number of likely N-dealkylation sites (tertiary alicyclic amines) is 1. The molecule has 1 aliphatic rings. The van der Waals surface area contributed by atoms with Crippen molar-refractivity contribution in [2.24, 2.45) is 0 Å². The van der Waals surface area contributed by atoms with Crippen LogP contribution in [0.1, 0.15) is 44.6 Å². The van der Waals surface area contributed by atoms with Crippen molar-refractivity contribution in [2.75, 3.05) is 18.9 Å². The molecule has 1 unspecified atom stereocenters. The van der Waals surface area contributed by atoms with Gasteiger partial charge >= 0.3 is 0 Å². The number of anilines is 1. The number of nitrogens with zero attached hydrogens (tertiary/aromatic N) is 2. The fourth-order valence-electron chi connectivity index (χ4n) is 2.85. The zero-order chi connectivity index (χ0) is 12.8. The van der Waals surface area contributed by atoms with Gasteiger partial charge in [-0.3, -0.25) is 4.90 Å². The molecule has 0 aromatic carbocycles. The summed E-state index contributed by atoms with van der Waals surface area (Å²) in [5, 5.41) is 3.11. The molecule has 1 N–H and O–H groups in total. The standard InChI is InChI=1S/C15H25N3/c1-3-14-7-5-4-6-10-18(14)12-13-8-9-17-15(11-13)16-2/h8-9,11,14H,3-7,10,12H2,1-2H3,(H,16,17). The highest BCUT2D eigenvalue weighted by molar-refractivity contribution is 5.36. The summed E-state index contributed by atoms with van der Waals surface area (Å²) >= 11 is 0. The SMILES string of the molecule is CCC1CCCCCN1Cc1ccnc(NC)c1. The van der Waals surface area contributed by atoms with Gasteiger partial charge in [0.15, 0.2) is 0 Å². The van der Waals surface area contributed by atoms with E-state index in [1.165, 1.54) is 44.2 Å². The lowest BCUT2D eigenvalue weighted by Gasteiger charge is -2.29. The lowest BCUT2D eigenvalue weighted by molar-refractivity contribution is 0.186. The summed E-state index contributed by atoms with van der Waals surface area (Å²) in [6, 6.07) is 5.06. The van der Waals surface area contributed by atoms with Crippen LogP contribution in [-0.4, -0.2) is 29.5 Å². The number of pyridine rings is 1. The van der Waals surface area contributed by atoms with E-state index in [4.69, 9.17) is 0 Å². The Bertz CT molecular complexity index is 365. The highest BCUT2D eigenvalue weighted by Crippen LogP contribution is 2.21. The minimum absolute atomic E-state index is 0.763. The highest BCUT2D eigenvalue weighted by atomic mass is 15.2. The van der Waals surface area contributed by atoms with Crippen LogP contribution in [0.15, 0.2) is 18.3 Å². The average Bonchev–Trinajstić information content (AvgIpc) is 2.64. The van der Waals surface area contributed by atoms with Crippen molar-refractivity contribution < 1.29 is 0 Å². The van der Waals surface area contributed by atoms with Crippen molar-refractivity contribution in [2.45, 2.75) is 51.6 Å². The molecule has 1 aromatic heterocycles. The molecule has 1 aromatic rings. The minimum Gasteiger partial charge on any atom is -0.373 e. The first-order valence-electron chi connectivity index (χ1n) is 7.20. The summed E-state index contributed by atoms with van der Waals surface area (Å²) in [6.45, 7) is 4.62. The van der Waals surface area contributed by atoms with Crippen LogP contribution in [0.4, 0.5) is 5.82 Å². The normalized spacial score (nSPS) is 21.6. The molecule has 3 nitrogen and oxygen atoms in total. The van der Waals surface area contributed by atoms with Crippen LogP contribution >= 0.6 is 0 Å². The Morgan fingerprint density at radius 1 is 1.39 bits per heavy atom. The van der Waals surface area contributed by atoms with Gasteiger partial charge < -0.3 is 5.32 Å². The topological polar surface area (TPSA) is 28.2 Å². The highest BCUT2D eigenvalue weighted by Gasteiger charge is 2.19. The Hall–Kier alpha value is -1.09. The Morgan fingerprint density at radius 2 is 2.28 bits per heavy atom. The monoisotopic (exact) mass is 247 g/mol. The van der Waals surface area contributed by atoms with Gasteiger partial charge in [-0.1, -0.05) is 19.8 Å². The van der Waals surface area contributed by atoms with Crippen molar-refractivity contribution in [1.29, 1.82) is 0 Å². The summed E-state index contributed by atoms with van der Waals surface area (Å²) in [5.41, 5.74) is 1.37. The number of hydrogen-bond donors (Lipinski definition) is 1. The molecule has 1 fully saturated rings. The molecule has 1 atom stereocenters. The lowest BCUT2D eigenvalue weighted by Crippen LogP contribution is -2.33. The first-order chi connectivity index (χ1) is 8.83. The maximum Gasteiger partial charge on any atom is 0.125 e. The number of hydrogen-bond acceptors (Lipinski definition) is 3. The van der Waals surface area contributed by atoms with Crippen LogP contribution in [0.2, 0.25) is 0 Å². The van der Waals surface area contributed by atoms with E-state index in [0.29, 0.717) is 0 Å². The van der Waals surface area contributed by atoms with E-state index in [9.17, 15) is 0 Å². The second kappa shape index (κ2) is 6.74. The third-order valence-electron chi connectivity index (χ3n) is 3.94. The number of aromatic nitrogens is 1. The largest absolute Gasteiger partial charge is 0.373 e. The summed E-state index contributed by atoms with van der Waals surface area (Å²) < 4.78 is 0. The second-order valence-electron chi connectivity index (χ2n) is 5.18. The molecule has 1 saturated heterocycles. The maximum absolute atomic E-state index is 4.28. The van der Waals surface area contributed by atoms with Gasteiger partial charge in [0, 0.05) is 25.8 Å². The third-order valence-corrected chi connectivity index (χ3v) is 3.94. The van der Waals surface area contributed by atoms with E-state index in [-0.39, 0.29) is 0 Å². The maximum atomic E-state index is 4.28. The number of nitrogens with one attached hydrogen (secondary N) is 1. The van der Waals surface area contributed by atoms with Gasteiger partial charge in [-0.2, -0.15) is 0 Å². The van der Waals surface area contributed by atoms with Crippen molar-refractivity contribution in [1.82, 2.24) is 9.88 Å². The van der Waals surface area contributed by atoms with E-state index in [1.54, 1.807) is 0 Å². The molecule has 18 heavy (non-hydrogen) atoms. The molecule has 0 aliphatic carbocycles. The Balaban J connectivity index is 2.05. The third kappa shape index (κ3) is 3.45. The summed E-state index contributed by atoms with van der Waals surface area (Å²) in [5.74, 6) is 0.968. The van der Waals surface area contributed by atoms with Crippen molar-refractivity contribution in [3.63, 3.8) is 0 Å². The van der Waals surface area contributed by atoms with Gasteiger partial charge in [0.25, 0.3) is 0 Å². The van der Waals surface area contributed by atoms with E-state index in [1.807, 2.05) is 13.2 Å². The molecule has 0 amide bonds. The van der Waals surface area contributed by atoms with E-state index in [0.717, 1.165) is 18.4 Å². The first kappa shape index (κ1) is 13.3. The summed E-state index contributed by atoms with van der Waals surface area (Å²) in [4.78, 5) is 6.93.